The average Bonchev–Trinajstić information content (AvgIpc) is 2.89. The molecule has 3 N–H and O–H groups in total. The summed E-state index contributed by atoms with van der Waals surface area (Å²) in [6, 6.07) is 14.1. The van der Waals surface area contributed by atoms with Gasteiger partial charge in [-0.05, 0) is 56.4 Å². The summed E-state index contributed by atoms with van der Waals surface area (Å²) in [5, 5.41) is 15.0. The van der Waals surface area contributed by atoms with Crippen molar-refractivity contribution >= 4 is 28.6 Å². The van der Waals surface area contributed by atoms with E-state index in [0.29, 0.717) is 17.5 Å². The summed E-state index contributed by atoms with van der Waals surface area (Å²) >= 11 is 0. The van der Waals surface area contributed by atoms with Crippen molar-refractivity contribution < 1.29 is 37.3 Å². The Kier molecular flexibility index (Phi) is 9.32. The van der Waals surface area contributed by atoms with Crippen LogP contribution < -0.4 is 20.1 Å². The van der Waals surface area contributed by atoms with Crippen LogP contribution in [-0.4, -0.2) is 59.4 Å². The molecule has 0 bridgehead atoms. The van der Waals surface area contributed by atoms with E-state index in [0.717, 1.165) is 37.0 Å². The van der Waals surface area contributed by atoms with Crippen LogP contribution in [0.4, 0.5) is 19.0 Å². The van der Waals surface area contributed by atoms with E-state index in [1.807, 2.05) is 18.2 Å². The first-order valence-corrected chi connectivity index (χ1v) is 11.8. The van der Waals surface area contributed by atoms with Gasteiger partial charge >= 0.3 is 12.1 Å². The molecule has 1 amide bonds. The molecule has 12 heteroatoms. The number of nitrogens with one attached hydrogen (secondary N) is 2. The highest BCUT2D eigenvalue weighted by Gasteiger charge is 2.38. The predicted octanol–water partition coefficient (Wildman–Crippen LogP) is 4.74. The smallest absolute Gasteiger partial charge is 0.481 e. The van der Waals surface area contributed by atoms with Crippen molar-refractivity contribution in [2.24, 2.45) is 0 Å². The maximum Gasteiger partial charge on any atom is 0.490 e. The predicted molar refractivity (Wildman–Crippen MR) is 135 cm³/mol. The number of carboxylic acid groups (broad SMARTS) is 1. The Hall–Kier alpha value is -4.09. The Balaban J connectivity index is 0.000000505. The molecule has 0 atom stereocenters. The fraction of sp³-hybridized carbons (Fsp3) is 0.385. The molecule has 1 fully saturated rings. The highest BCUT2D eigenvalue weighted by molar-refractivity contribution is 5.96. The van der Waals surface area contributed by atoms with Gasteiger partial charge in [0, 0.05) is 23.5 Å². The van der Waals surface area contributed by atoms with Crippen molar-refractivity contribution in [2.75, 3.05) is 19.5 Å². The quantitative estimate of drug-likeness (QED) is 0.415. The number of aromatic nitrogens is 2. The van der Waals surface area contributed by atoms with Gasteiger partial charge in [0.1, 0.15) is 11.4 Å². The fourth-order valence-electron chi connectivity index (χ4n) is 4.14. The molecule has 0 unspecified atom stereocenters. The van der Waals surface area contributed by atoms with Gasteiger partial charge in [-0.2, -0.15) is 18.2 Å². The number of benzene rings is 1. The number of pyridine rings is 2. The van der Waals surface area contributed by atoms with E-state index in [9.17, 15) is 18.0 Å². The molecule has 0 radical (unpaired) electrons. The van der Waals surface area contributed by atoms with E-state index < -0.39 is 12.1 Å². The Bertz CT molecular complexity index is 1280. The number of anilines is 1. The van der Waals surface area contributed by atoms with Gasteiger partial charge in [0.2, 0.25) is 11.8 Å². The summed E-state index contributed by atoms with van der Waals surface area (Å²) in [7, 11) is 3.03. The van der Waals surface area contributed by atoms with Crippen molar-refractivity contribution in [3.8, 4) is 11.8 Å². The van der Waals surface area contributed by atoms with Crippen molar-refractivity contribution in [1.82, 2.24) is 15.3 Å². The largest absolute Gasteiger partial charge is 0.490 e. The lowest BCUT2D eigenvalue weighted by Crippen LogP contribution is -2.40. The van der Waals surface area contributed by atoms with Gasteiger partial charge in [-0.15, -0.1) is 0 Å². The highest BCUT2D eigenvalue weighted by Crippen LogP contribution is 2.26. The summed E-state index contributed by atoms with van der Waals surface area (Å²) in [5.74, 6) is -1.33. The average molecular weight is 535 g/mol. The molecule has 38 heavy (non-hydrogen) atoms. The SMILES string of the molecule is COc1ccc(C(=O)N[C@H]2CC[C@@H](Nc3cc(C)c4ccccc4n3)CC2)c(OC)n1.O=C(O)C(F)(F)F. The number of amides is 1. The molecule has 204 valence electrons. The number of hydrogen-bond donors (Lipinski definition) is 3. The van der Waals surface area contributed by atoms with Crippen LogP contribution in [0.3, 0.4) is 0 Å². The minimum atomic E-state index is -5.08. The zero-order valence-electron chi connectivity index (χ0n) is 21.1. The van der Waals surface area contributed by atoms with Crippen LogP contribution in [0.1, 0.15) is 41.6 Å². The Morgan fingerprint density at radius 2 is 1.61 bits per heavy atom. The second kappa shape index (κ2) is 12.4. The van der Waals surface area contributed by atoms with Gasteiger partial charge in [-0.3, -0.25) is 4.79 Å². The van der Waals surface area contributed by atoms with Crippen LogP contribution >= 0.6 is 0 Å². The van der Waals surface area contributed by atoms with Gasteiger partial charge in [0.25, 0.3) is 5.91 Å². The first-order valence-electron chi connectivity index (χ1n) is 11.8. The second-order valence-electron chi connectivity index (χ2n) is 8.72. The van der Waals surface area contributed by atoms with Crippen LogP contribution in [-0.2, 0) is 4.79 Å². The van der Waals surface area contributed by atoms with Crippen LogP contribution in [0.5, 0.6) is 11.8 Å². The number of halogens is 3. The molecule has 1 aromatic carbocycles. The Labute approximate surface area is 217 Å². The topological polar surface area (TPSA) is 123 Å². The number of carbonyl (C=O) groups excluding carboxylic acids is 1. The summed E-state index contributed by atoms with van der Waals surface area (Å²) in [5.41, 5.74) is 2.64. The monoisotopic (exact) mass is 534 g/mol. The molecule has 2 aromatic heterocycles. The lowest BCUT2D eigenvalue weighted by molar-refractivity contribution is -0.192. The van der Waals surface area contributed by atoms with Crippen molar-refractivity contribution in [2.45, 2.75) is 50.9 Å². The number of nitrogens with zero attached hydrogens (tertiary/aromatic N) is 2. The number of ether oxygens (including phenoxy) is 2. The molecular formula is C26H29F3N4O5. The Morgan fingerprint density at radius 3 is 2.21 bits per heavy atom. The standard InChI is InChI=1S/C24H28N4O3.C2HF3O2/c1-15-14-21(27-20-7-5-4-6-18(15)20)25-16-8-10-17(11-9-16)26-23(29)19-12-13-22(30-2)28-24(19)31-3;3-2(4,5)1(6)7/h4-7,12-14,16-17H,8-11H2,1-3H3,(H,25,27)(H,26,29);(H,6,7)/t16-,17+;. The number of carbonyl (C=O) groups is 2. The molecule has 3 aromatic rings. The first kappa shape index (κ1) is 28.5. The van der Waals surface area contributed by atoms with Gasteiger partial charge in [-0.1, -0.05) is 18.2 Å². The Morgan fingerprint density at radius 1 is 0.974 bits per heavy atom. The number of aryl methyl sites for hydroxylation is 1. The third-order valence-electron chi connectivity index (χ3n) is 6.06. The number of para-hydroxylation sites is 1. The minimum Gasteiger partial charge on any atom is -0.481 e. The molecule has 0 saturated heterocycles. The van der Waals surface area contributed by atoms with Crippen molar-refractivity contribution in [1.29, 1.82) is 0 Å². The second-order valence-corrected chi connectivity index (χ2v) is 8.72. The molecule has 1 aliphatic rings. The first-order chi connectivity index (χ1) is 18.0. The van der Waals surface area contributed by atoms with E-state index in [4.69, 9.17) is 24.4 Å². The number of aliphatic carboxylic acids is 1. The number of carboxylic acids is 1. The molecule has 0 aliphatic heterocycles. The molecule has 4 rings (SSSR count). The third kappa shape index (κ3) is 7.46. The van der Waals surface area contributed by atoms with E-state index in [1.54, 1.807) is 12.1 Å². The maximum absolute atomic E-state index is 12.7. The van der Waals surface area contributed by atoms with Crippen LogP contribution in [0, 0.1) is 6.92 Å². The zero-order valence-corrected chi connectivity index (χ0v) is 21.1. The van der Waals surface area contributed by atoms with E-state index in [1.165, 1.54) is 25.2 Å². The lowest BCUT2D eigenvalue weighted by Gasteiger charge is -2.30. The number of fused-ring (bicyclic) bond motifs is 1. The molecule has 1 aliphatic carbocycles. The van der Waals surface area contributed by atoms with Crippen LogP contribution in [0.15, 0.2) is 42.5 Å². The van der Waals surface area contributed by atoms with E-state index in [2.05, 4.69) is 34.7 Å². The number of alkyl halides is 3. The van der Waals surface area contributed by atoms with E-state index in [-0.39, 0.29) is 17.8 Å². The lowest BCUT2D eigenvalue weighted by atomic mass is 9.91. The molecule has 1 saturated carbocycles. The van der Waals surface area contributed by atoms with Crippen LogP contribution in [0.2, 0.25) is 0 Å². The minimum absolute atomic E-state index is 0.128. The zero-order chi connectivity index (χ0) is 27.9. The molecule has 9 nitrogen and oxygen atoms in total. The van der Waals surface area contributed by atoms with Gasteiger partial charge < -0.3 is 25.2 Å². The highest BCUT2D eigenvalue weighted by atomic mass is 19.4. The summed E-state index contributed by atoms with van der Waals surface area (Å²) in [6.07, 6.45) is -1.34. The normalized spacial score (nSPS) is 17.1. The van der Waals surface area contributed by atoms with Gasteiger partial charge in [-0.25, -0.2) is 9.78 Å². The number of rotatable bonds is 6. The molecule has 0 spiro atoms. The summed E-state index contributed by atoms with van der Waals surface area (Å²) in [6.45, 7) is 2.12. The third-order valence-corrected chi connectivity index (χ3v) is 6.06. The number of methoxy groups -OCH3 is 2. The van der Waals surface area contributed by atoms with Crippen molar-refractivity contribution in [3.63, 3.8) is 0 Å². The van der Waals surface area contributed by atoms with Crippen molar-refractivity contribution in [3.05, 3.63) is 53.6 Å². The number of hydrogen-bond acceptors (Lipinski definition) is 7. The van der Waals surface area contributed by atoms with Crippen LogP contribution in [0.25, 0.3) is 10.9 Å². The summed E-state index contributed by atoms with van der Waals surface area (Å²) < 4.78 is 42.1. The maximum atomic E-state index is 12.7. The van der Waals surface area contributed by atoms with E-state index >= 15 is 0 Å². The fourth-order valence-corrected chi connectivity index (χ4v) is 4.14. The molecular weight excluding hydrogens is 505 g/mol. The van der Waals surface area contributed by atoms with Gasteiger partial charge in [0.15, 0.2) is 0 Å². The summed E-state index contributed by atoms with van der Waals surface area (Å²) in [4.78, 5) is 30.6. The molecule has 2 heterocycles. The van der Waals surface area contributed by atoms with Gasteiger partial charge in [0.05, 0.1) is 19.7 Å².